The van der Waals surface area contributed by atoms with Crippen LogP contribution in [0.3, 0.4) is 0 Å². The zero-order valence-corrected chi connectivity index (χ0v) is 31.8. The van der Waals surface area contributed by atoms with E-state index >= 15 is 0 Å². The molecule has 2 nitrogen and oxygen atoms in total. The van der Waals surface area contributed by atoms with Crippen molar-refractivity contribution in [3.8, 4) is 56.2 Å². The van der Waals surface area contributed by atoms with Crippen molar-refractivity contribution in [1.29, 1.82) is 0 Å². The Bertz CT molecular complexity index is 3100. The van der Waals surface area contributed by atoms with Crippen LogP contribution in [0.5, 0.6) is 0 Å². The lowest BCUT2D eigenvalue weighted by Gasteiger charge is -2.40. The maximum atomic E-state index is 5.34. The molecule has 3 aliphatic rings. The van der Waals surface area contributed by atoms with Crippen LogP contribution in [0.4, 0.5) is 0 Å². The van der Waals surface area contributed by atoms with Crippen molar-refractivity contribution in [1.82, 2.24) is 9.97 Å². The van der Waals surface area contributed by atoms with E-state index in [2.05, 4.69) is 194 Å². The maximum Gasteiger partial charge on any atom is 0.160 e. The van der Waals surface area contributed by atoms with Crippen molar-refractivity contribution >= 4 is 28.6 Å². The third kappa shape index (κ3) is 4.86. The molecule has 266 valence electrons. The van der Waals surface area contributed by atoms with Gasteiger partial charge in [0, 0.05) is 26.5 Å². The Morgan fingerprint density at radius 3 is 1.91 bits per heavy atom. The number of benzene rings is 8. The monoisotopic (exact) mass is 742 g/mol. The van der Waals surface area contributed by atoms with E-state index in [-0.39, 0.29) is 0 Å². The summed E-state index contributed by atoms with van der Waals surface area (Å²) in [7, 11) is 0. The first kappa shape index (κ1) is 32.4. The Labute approximate surface area is 336 Å². The SMILES string of the molecule is C1=Cc2cc(-c3cc(-c4ccccc4)nc(-c4cccc(-c5cccc6c5Sc5ccccc5C65c6ccccc6-c6ccccc65)c4)n3)cc3cccc(c23)C1. The van der Waals surface area contributed by atoms with Gasteiger partial charge in [0.25, 0.3) is 0 Å². The molecular formula is C54H34N2S. The first-order chi connectivity index (χ1) is 28.2. The van der Waals surface area contributed by atoms with Gasteiger partial charge in [0.2, 0.25) is 0 Å². The smallest absolute Gasteiger partial charge is 0.160 e. The lowest BCUT2D eigenvalue weighted by atomic mass is 9.67. The Hall–Kier alpha value is -6.81. The molecule has 2 heterocycles. The number of nitrogens with zero attached hydrogens (tertiary/aromatic N) is 2. The van der Waals surface area contributed by atoms with Gasteiger partial charge in [-0.3, -0.25) is 0 Å². The van der Waals surface area contributed by atoms with Crippen molar-refractivity contribution in [2.45, 2.75) is 21.6 Å². The lowest BCUT2D eigenvalue weighted by Crippen LogP contribution is -2.32. The van der Waals surface area contributed by atoms with Gasteiger partial charge >= 0.3 is 0 Å². The molecule has 0 atom stereocenters. The lowest BCUT2D eigenvalue weighted by molar-refractivity contribution is 0.723. The highest BCUT2D eigenvalue weighted by Crippen LogP contribution is 2.63. The summed E-state index contributed by atoms with van der Waals surface area (Å²) in [6.07, 6.45) is 5.48. The summed E-state index contributed by atoms with van der Waals surface area (Å²) in [6, 6.07) is 66.6. The molecule has 8 aromatic carbocycles. The topological polar surface area (TPSA) is 25.8 Å². The van der Waals surface area contributed by atoms with Crippen LogP contribution < -0.4 is 0 Å². The summed E-state index contributed by atoms with van der Waals surface area (Å²) >= 11 is 1.89. The minimum absolute atomic E-state index is 0.421. The fraction of sp³-hybridized carbons (Fsp3) is 0.0370. The van der Waals surface area contributed by atoms with Crippen LogP contribution in [-0.2, 0) is 11.8 Å². The van der Waals surface area contributed by atoms with Crippen LogP contribution in [0.25, 0.3) is 73.0 Å². The summed E-state index contributed by atoms with van der Waals surface area (Å²) in [5.41, 5.74) is 17.5. The fourth-order valence-corrected chi connectivity index (χ4v) is 11.0. The van der Waals surface area contributed by atoms with Gasteiger partial charge in [-0.1, -0.05) is 176 Å². The summed E-state index contributed by atoms with van der Waals surface area (Å²) in [5, 5.41) is 2.58. The highest BCUT2D eigenvalue weighted by Gasteiger charge is 2.50. The molecule has 0 unspecified atom stereocenters. The van der Waals surface area contributed by atoms with Crippen LogP contribution >= 0.6 is 11.8 Å². The number of fused-ring (bicyclic) bond motifs is 9. The number of rotatable bonds is 4. The number of hydrogen-bond acceptors (Lipinski definition) is 3. The molecule has 1 spiro atoms. The van der Waals surface area contributed by atoms with Gasteiger partial charge in [-0.05, 0) is 103 Å². The third-order valence-corrected chi connectivity index (χ3v) is 13.3. The van der Waals surface area contributed by atoms with Gasteiger partial charge in [-0.2, -0.15) is 0 Å². The van der Waals surface area contributed by atoms with Crippen LogP contribution in [0.2, 0.25) is 0 Å². The quantitative estimate of drug-likeness (QED) is 0.180. The van der Waals surface area contributed by atoms with E-state index in [4.69, 9.17) is 9.97 Å². The van der Waals surface area contributed by atoms with E-state index in [1.54, 1.807) is 0 Å². The predicted octanol–water partition coefficient (Wildman–Crippen LogP) is 13.7. The number of allylic oxidation sites excluding steroid dienone is 1. The van der Waals surface area contributed by atoms with Gasteiger partial charge in [-0.25, -0.2) is 9.97 Å². The largest absolute Gasteiger partial charge is 0.228 e. The Morgan fingerprint density at radius 1 is 0.456 bits per heavy atom. The average molecular weight is 743 g/mol. The fourth-order valence-electron chi connectivity index (χ4n) is 9.72. The molecule has 1 aliphatic heterocycles. The highest BCUT2D eigenvalue weighted by molar-refractivity contribution is 7.99. The zero-order valence-electron chi connectivity index (χ0n) is 31.0. The van der Waals surface area contributed by atoms with Gasteiger partial charge < -0.3 is 0 Å². The molecule has 0 fully saturated rings. The van der Waals surface area contributed by atoms with E-state index in [0.717, 1.165) is 40.1 Å². The second-order valence-corrected chi connectivity index (χ2v) is 16.3. The van der Waals surface area contributed by atoms with Gasteiger partial charge in [0.15, 0.2) is 5.82 Å². The summed E-state index contributed by atoms with van der Waals surface area (Å²) in [6.45, 7) is 0. The van der Waals surface area contributed by atoms with E-state index in [1.165, 1.54) is 70.6 Å². The summed E-state index contributed by atoms with van der Waals surface area (Å²) < 4.78 is 0. The molecule has 0 saturated heterocycles. The van der Waals surface area contributed by atoms with E-state index in [0.29, 0.717) is 5.82 Å². The summed E-state index contributed by atoms with van der Waals surface area (Å²) in [4.78, 5) is 13.2. The Balaban J connectivity index is 1.05. The van der Waals surface area contributed by atoms with Crippen LogP contribution in [0.1, 0.15) is 33.4 Å². The van der Waals surface area contributed by atoms with Crippen molar-refractivity contribution in [2.75, 3.05) is 0 Å². The molecule has 9 aromatic rings. The minimum Gasteiger partial charge on any atom is -0.228 e. The normalized spacial score (nSPS) is 13.9. The second kappa shape index (κ2) is 12.6. The molecular weight excluding hydrogens is 709 g/mol. The first-order valence-corrected chi connectivity index (χ1v) is 20.4. The van der Waals surface area contributed by atoms with E-state index in [1.807, 2.05) is 11.8 Å². The number of aromatic nitrogens is 2. The van der Waals surface area contributed by atoms with E-state index < -0.39 is 5.41 Å². The van der Waals surface area contributed by atoms with Gasteiger partial charge in [0.05, 0.1) is 16.8 Å². The van der Waals surface area contributed by atoms with Gasteiger partial charge in [0.1, 0.15) is 0 Å². The predicted molar refractivity (Wildman–Crippen MR) is 235 cm³/mol. The standard InChI is InChI=1S/C54H34N2S/c1-2-14-34(15-3-1)48-33-49(40-31-37-19-10-16-35-17-11-20-38(32-40)51(35)37)56-53(55-48)39-21-12-18-36(30-39)41-24-13-28-47-52(41)57-50-29-9-8-27-46(50)54(47)44-25-6-4-22-42(44)43-23-5-7-26-45(43)54/h1-16,18-33H,17H2. The minimum atomic E-state index is -0.421. The number of hydrogen-bond donors (Lipinski definition) is 0. The highest BCUT2D eigenvalue weighted by atomic mass is 32.2. The zero-order chi connectivity index (χ0) is 37.5. The Morgan fingerprint density at radius 2 is 1.09 bits per heavy atom. The molecule has 0 N–H and O–H groups in total. The molecule has 2 aliphatic carbocycles. The average Bonchev–Trinajstić information content (AvgIpc) is 3.57. The first-order valence-electron chi connectivity index (χ1n) is 19.6. The third-order valence-electron chi connectivity index (χ3n) is 12.1. The van der Waals surface area contributed by atoms with E-state index in [9.17, 15) is 0 Å². The molecule has 3 heteroatoms. The maximum absolute atomic E-state index is 5.34. The molecule has 0 radical (unpaired) electrons. The van der Waals surface area contributed by atoms with Gasteiger partial charge in [-0.15, -0.1) is 0 Å². The van der Waals surface area contributed by atoms with Crippen LogP contribution in [0, 0.1) is 0 Å². The molecule has 12 rings (SSSR count). The van der Waals surface area contributed by atoms with Crippen LogP contribution in [0.15, 0.2) is 198 Å². The summed E-state index contributed by atoms with van der Waals surface area (Å²) in [5.74, 6) is 0.712. The molecule has 0 bridgehead atoms. The Kier molecular flexibility index (Phi) is 7.17. The van der Waals surface area contributed by atoms with Crippen molar-refractivity contribution < 1.29 is 0 Å². The van der Waals surface area contributed by atoms with Crippen molar-refractivity contribution in [2.24, 2.45) is 0 Å². The molecule has 0 amide bonds. The van der Waals surface area contributed by atoms with Crippen molar-refractivity contribution in [3.63, 3.8) is 0 Å². The van der Waals surface area contributed by atoms with Crippen molar-refractivity contribution in [3.05, 3.63) is 221 Å². The molecule has 57 heavy (non-hydrogen) atoms. The second-order valence-electron chi connectivity index (χ2n) is 15.2. The van der Waals surface area contributed by atoms with Crippen LogP contribution in [-0.4, -0.2) is 9.97 Å². The molecule has 0 saturated carbocycles. The molecule has 1 aromatic heterocycles.